The highest BCUT2D eigenvalue weighted by molar-refractivity contribution is 5.91. The maximum atomic E-state index is 12.9. The maximum Gasteiger partial charge on any atom is 0.433 e. The smallest absolute Gasteiger partial charge is 0.433 e. The van der Waals surface area contributed by atoms with Crippen LogP contribution < -0.4 is 5.32 Å². The molecule has 0 aromatic carbocycles. The van der Waals surface area contributed by atoms with Crippen molar-refractivity contribution in [1.82, 2.24) is 14.9 Å². The van der Waals surface area contributed by atoms with Crippen LogP contribution in [0.15, 0.2) is 47.2 Å². The molecule has 1 amide bonds. The molecular formula is C19H17F3N4O2. The zero-order valence-corrected chi connectivity index (χ0v) is 14.7. The standard InChI is InChI=1S/C19H17F3N4O2/c20-19(21,22)16-4-3-13-14(25-16)5-8-23-17(13)24-12-6-9-26(10-7-12)18(27)15-2-1-11-28-15/h1-5,8,11-12H,6-7,9-10H2,(H,23,24). The predicted octanol–water partition coefficient (Wildman–Crippen LogP) is 3.96. The molecule has 0 unspecified atom stereocenters. The average Bonchev–Trinajstić information content (AvgIpc) is 3.22. The van der Waals surface area contributed by atoms with Gasteiger partial charge in [0.25, 0.3) is 5.91 Å². The number of pyridine rings is 2. The number of rotatable bonds is 3. The van der Waals surface area contributed by atoms with Crippen molar-refractivity contribution in [1.29, 1.82) is 0 Å². The van der Waals surface area contributed by atoms with Gasteiger partial charge in [-0.2, -0.15) is 13.2 Å². The molecule has 0 spiro atoms. The quantitative estimate of drug-likeness (QED) is 0.733. The number of hydrogen-bond donors (Lipinski definition) is 1. The number of carbonyl (C=O) groups excluding carboxylic acids is 1. The third-order valence-corrected chi connectivity index (χ3v) is 4.76. The number of nitrogens with one attached hydrogen (secondary N) is 1. The minimum absolute atomic E-state index is 0.0565. The molecule has 0 bridgehead atoms. The summed E-state index contributed by atoms with van der Waals surface area (Å²) >= 11 is 0. The van der Waals surface area contributed by atoms with Gasteiger partial charge in [0.2, 0.25) is 0 Å². The van der Waals surface area contributed by atoms with Gasteiger partial charge >= 0.3 is 6.18 Å². The van der Waals surface area contributed by atoms with Crippen LogP contribution in [0.2, 0.25) is 0 Å². The van der Waals surface area contributed by atoms with E-state index in [2.05, 4.69) is 15.3 Å². The molecule has 1 saturated heterocycles. The van der Waals surface area contributed by atoms with Gasteiger partial charge in [0.1, 0.15) is 11.5 Å². The summed E-state index contributed by atoms with van der Waals surface area (Å²) in [5.74, 6) is 0.666. The lowest BCUT2D eigenvalue weighted by Crippen LogP contribution is -2.42. The van der Waals surface area contributed by atoms with Gasteiger partial charge in [-0.3, -0.25) is 4.79 Å². The maximum absolute atomic E-state index is 12.9. The van der Waals surface area contributed by atoms with Gasteiger partial charge in [-0.15, -0.1) is 0 Å². The number of amides is 1. The Balaban J connectivity index is 1.45. The van der Waals surface area contributed by atoms with Gasteiger partial charge in [0, 0.05) is 30.7 Å². The van der Waals surface area contributed by atoms with Crippen LogP contribution in [0.1, 0.15) is 29.1 Å². The molecule has 146 valence electrons. The van der Waals surface area contributed by atoms with E-state index in [1.54, 1.807) is 17.0 Å². The van der Waals surface area contributed by atoms with E-state index >= 15 is 0 Å². The Morgan fingerprint density at radius 1 is 1.18 bits per heavy atom. The van der Waals surface area contributed by atoms with Crippen LogP contribution in [0, 0.1) is 0 Å². The SMILES string of the molecule is O=C(c1ccco1)N1CCC(Nc2nccc3nc(C(F)(F)F)ccc23)CC1. The van der Waals surface area contributed by atoms with Gasteiger partial charge in [-0.1, -0.05) is 0 Å². The Morgan fingerprint density at radius 3 is 2.64 bits per heavy atom. The van der Waals surface area contributed by atoms with Crippen LogP contribution in [-0.2, 0) is 6.18 Å². The first-order valence-electron chi connectivity index (χ1n) is 8.84. The van der Waals surface area contributed by atoms with Crippen molar-refractivity contribution in [3.05, 3.63) is 54.2 Å². The average molecular weight is 390 g/mol. The topological polar surface area (TPSA) is 71.3 Å². The van der Waals surface area contributed by atoms with E-state index in [9.17, 15) is 18.0 Å². The molecule has 3 aromatic heterocycles. The highest BCUT2D eigenvalue weighted by atomic mass is 19.4. The van der Waals surface area contributed by atoms with E-state index in [0.29, 0.717) is 42.9 Å². The monoisotopic (exact) mass is 390 g/mol. The second-order valence-corrected chi connectivity index (χ2v) is 6.61. The molecular weight excluding hydrogens is 373 g/mol. The van der Waals surface area contributed by atoms with Gasteiger partial charge < -0.3 is 14.6 Å². The van der Waals surface area contributed by atoms with Gasteiger partial charge in [0.05, 0.1) is 11.8 Å². The third kappa shape index (κ3) is 3.64. The van der Waals surface area contributed by atoms with Gasteiger partial charge in [-0.25, -0.2) is 9.97 Å². The lowest BCUT2D eigenvalue weighted by atomic mass is 10.0. The number of likely N-dealkylation sites (tertiary alicyclic amines) is 1. The fourth-order valence-corrected chi connectivity index (χ4v) is 3.30. The van der Waals surface area contributed by atoms with Crippen molar-refractivity contribution in [2.75, 3.05) is 18.4 Å². The summed E-state index contributed by atoms with van der Waals surface area (Å²) in [7, 11) is 0. The summed E-state index contributed by atoms with van der Waals surface area (Å²) < 4.78 is 43.7. The minimum atomic E-state index is -4.49. The second kappa shape index (κ2) is 7.14. The molecule has 0 radical (unpaired) electrons. The summed E-state index contributed by atoms with van der Waals surface area (Å²) in [6.07, 6.45) is -0.199. The first-order chi connectivity index (χ1) is 13.4. The second-order valence-electron chi connectivity index (χ2n) is 6.61. The van der Waals surface area contributed by atoms with E-state index < -0.39 is 11.9 Å². The number of anilines is 1. The molecule has 1 aliphatic heterocycles. The van der Waals surface area contributed by atoms with Crippen molar-refractivity contribution in [3.8, 4) is 0 Å². The predicted molar refractivity (Wildman–Crippen MR) is 95.8 cm³/mol. The van der Waals surface area contributed by atoms with Crippen molar-refractivity contribution < 1.29 is 22.4 Å². The van der Waals surface area contributed by atoms with Gasteiger partial charge in [-0.05, 0) is 43.2 Å². The molecule has 0 saturated carbocycles. The Labute approximate surface area is 158 Å². The molecule has 6 nitrogen and oxygen atoms in total. The van der Waals surface area contributed by atoms with Crippen molar-refractivity contribution in [2.45, 2.75) is 25.1 Å². The van der Waals surface area contributed by atoms with E-state index in [1.807, 2.05) is 0 Å². The molecule has 4 heterocycles. The Bertz CT molecular complexity index is 981. The number of nitrogens with zero attached hydrogens (tertiary/aromatic N) is 3. The Kier molecular flexibility index (Phi) is 4.66. The summed E-state index contributed by atoms with van der Waals surface area (Å²) in [4.78, 5) is 22.0. The number of fused-ring (bicyclic) bond motifs is 1. The molecule has 0 atom stereocenters. The normalized spacial score (nSPS) is 15.8. The summed E-state index contributed by atoms with van der Waals surface area (Å²) in [6, 6.07) is 7.16. The molecule has 1 N–H and O–H groups in total. The van der Waals surface area contributed by atoms with Crippen molar-refractivity contribution in [2.24, 2.45) is 0 Å². The van der Waals surface area contributed by atoms with E-state index in [4.69, 9.17) is 4.42 Å². The minimum Gasteiger partial charge on any atom is -0.459 e. The molecule has 1 fully saturated rings. The molecule has 0 aliphatic carbocycles. The molecule has 3 aromatic rings. The van der Waals surface area contributed by atoms with Crippen LogP contribution in [0.25, 0.3) is 10.9 Å². The highest BCUT2D eigenvalue weighted by Crippen LogP contribution is 2.30. The molecule has 28 heavy (non-hydrogen) atoms. The third-order valence-electron chi connectivity index (χ3n) is 4.76. The zero-order valence-electron chi connectivity index (χ0n) is 14.7. The number of hydrogen-bond acceptors (Lipinski definition) is 5. The van der Waals surface area contributed by atoms with Crippen LogP contribution in [0.4, 0.5) is 19.0 Å². The van der Waals surface area contributed by atoms with Crippen LogP contribution in [0.5, 0.6) is 0 Å². The number of furan rings is 1. The number of carbonyl (C=O) groups is 1. The Hall–Kier alpha value is -3.10. The van der Waals surface area contributed by atoms with E-state index in [1.165, 1.54) is 24.6 Å². The Morgan fingerprint density at radius 2 is 1.96 bits per heavy atom. The first-order valence-corrected chi connectivity index (χ1v) is 8.84. The number of aromatic nitrogens is 2. The zero-order chi connectivity index (χ0) is 19.7. The molecule has 1 aliphatic rings. The molecule has 4 rings (SSSR count). The van der Waals surface area contributed by atoms with Crippen molar-refractivity contribution in [3.63, 3.8) is 0 Å². The van der Waals surface area contributed by atoms with Crippen LogP contribution >= 0.6 is 0 Å². The lowest BCUT2D eigenvalue weighted by molar-refractivity contribution is -0.140. The summed E-state index contributed by atoms with van der Waals surface area (Å²) in [5.41, 5.74) is -0.695. The van der Waals surface area contributed by atoms with Crippen molar-refractivity contribution >= 4 is 22.6 Å². The van der Waals surface area contributed by atoms with E-state index in [-0.39, 0.29) is 17.5 Å². The summed E-state index contributed by atoms with van der Waals surface area (Å²) in [6.45, 7) is 1.11. The van der Waals surface area contributed by atoms with Gasteiger partial charge in [0.15, 0.2) is 5.76 Å². The molecule has 9 heteroatoms. The fourth-order valence-electron chi connectivity index (χ4n) is 3.30. The first kappa shape index (κ1) is 18.3. The highest BCUT2D eigenvalue weighted by Gasteiger charge is 2.32. The largest absolute Gasteiger partial charge is 0.459 e. The number of alkyl halides is 3. The lowest BCUT2D eigenvalue weighted by Gasteiger charge is -2.32. The number of halogens is 3. The van der Waals surface area contributed by atoms with Crippen LogP contribution in [-0.4, -0.2) is 39.9 Å². The number of piperidine rings is 1. The van der Waals surface area contributed by atoms with E-state index in [0.717, 1.165) is 6.07 Å². The summed E-state index contributed by atoms with van der Waals surface area (Å²) in [5, 5.41) is 3.81. The van der Waals surface area contributed by atoms with Crippen LogP contribution in [0.3, 0.4) is 0 Å². The fraction of sp³-hybridized carbons (Fsp3) is 0.316.